The number of halogens is 3. The van der Waals surface area contributed by atoms with Crippen molar-refractivity contribution in [1.29, 1.82) is 0 Å². The predicted octanol–water partition coefficient (Wildman–Crippen LogP) is 2.87. The maximum absolute atomic E-state index is 13.3. The fourth-order valence-electron chi connectivity index (χ4n) is 3.71. The summed E-state index contributed by atoms with van der Waals surface area (Å²) in [7, 11) is -4.32. The summed E-state index contributed by atoms with van der Waals surface area (Å²) in [5.74, 6) is 0.286. The smallest absolute Gasteiger partial charge is 0.417 e. The highest BCUT2D eigenvalue weighted by molar-refractivity contribution is 7.89. The number of carbonyl (C=O) groups excluding carboxylic acids is 1. The van der Waals surface area contributed by atoms with E-state index in [-0.39, 0.29) is 44.7 Å². The average Bonchev–Trinajstić information content (AvgIpc) is 3.61. The number of alkyl halides is 3. The first kappa shape index (κ1) is 23.4. The van der Waals surface area contributed by atoms with Gasteiger partial charge in [-0.1, -0.05) is 24.3 Å². The summed E-state index contributed by atoms with van der Waals surface area (Å²) in [6.07, 6.45) is -2.82. The largest absolute Gasteiger partial charge is 0.482 e. The zero-order valence-corrected chi connectivity index (χ0v) is 18.5. The van der Waals surface area contributed by atoms with E-state index in [1.54, 1.807) is 24.3 Å². The number of rotatable bonds is 7. The monoisotopic (exact) mass is 483 g/mol. The molecule has 1 heterocycles. The van der Waals surface area contributed by atoms with Crippen molar-refractivity contribution < 1.29 is 31.1 Å². The molecule has 0 bridgehead atoms. The Labute approximate surface area is 190 Å². The van der Waals surface area contributed by atoms with E-state index in [4.69, 9.17) is 4.74 Å². The molecule has 0 unspecified atom stereocenters. The first-order valence-electron chi connectivity index (χ1n) is 10.6. The van der Waals surface area contributed by atoms with Gasteiger partial charge in [-0.3, -0.25) is 4.79 Å². The molecule has 7 nitrogen and oxygen atoms in total. The second-order valence-corrected chi connectivity index (χ2v) is 9.89. The van der Waals surface area contributed by atoms with Crippen LogP contribution in [0, 0.1) is 0 Å². The summed E-state index contributed by atoms with van der Waals surface area (Å²) in [4.78, 5) is 13.1. The highest BCUT2D eigenvalue weighted by Crippen LogP contribution is 2.36. The van der Waals surface area contributed by atoms with Crippen LogP contribution in [-0.4, -0.2) is 57.5 Å². The number of sulfonamides is 1. The summed E-state index contributed by atoms with van der Waals surface area (Å²) in [6, 6.07) is 11.5. The molecule has 0 atom stereocenters. The molecule has 4 rings (SSSR count). The third kappa shape index (κ3) is 5.41. The summed E-state index contributed by atoms with van der Waals surface area (Å²) >= 11 is 0. The van der Waals surface area contributed by atoms with Crippen LogP contribution in [0.3, 0.4) is 0 Å². The molecule has 1 aliphatic heterocycles. The van der Waals surface area contributed by atoms with Gasteiger partial charge in [0.1, 0.15) is 5.75 Å². The molecule has 0 radical (unpaired) electrons. The Hall–Kier alpha value is -2.79. The van der Waals surface area contributed by atoms with Crippen LogP contribution in [0.5, 0.6) is 5.75 Å². The topological polar surface area (TPSA) is 79.0 Å². The van der Waals surface area contributed by atoms with Crippen molar-refractivity contribution in [2.24, 2.45) is 0 Å². The molecule has 2 fully saturated rings. The van der Waals surface area contributed by atoms with Crippen LogP contribution in [0.1, 0.15) is 18.4 Å². The van der Waals surface area contributed by atoms with Crippen molar-refractivity contribution >= 4 is 21.6 Å². The first-order chi connectivity index (χ1) is 15.7. The number of anilines is 1. The van der Waals surface area contributed by atoms with Gasteiger partial charge in [-0.05, 0) is 37.1 Å². The van der Waals surface area contributed by atoms with Crippen LogP contribution in [0.4, 0.5) is 18.9 Å². The number of nitrogens with one attached hydrogen (secondary N) is 1. The van der Waals surface area contributed by atoms with E-state index in [0.29, 0.717) is 11.4 Å². The molecule has 2 aromatic carbocycles. The van der Waals surface area contributed by atoms with Gasteiger partial charge in [-0.15, -0.1) is 0 Å². The van der Waals surface area contributed by atoms with Crippen LogP contribution < -0.4 is 15.0 Å². The number of hydrogen-bond acceptors (Lipinski definition) is 5. The Bertz CT molecular complexity index is 1110. The molecule has 2 aliphatic rings. The Morgan fingerprint density at radius 3 is 2.30 bits per heavy atom. The number of carbonyl (C=O) groups is 1. The minimum atomic E-state index is -4.77. The van der Waals surface area contributed by atoms with Crippen molar-refractivity contribution in [1.82, 2.24) is 9.62 Å². The summed E-state index contributed by atoms with van der Waals surface area (Å²) in [5, 5.41) is 2.85. The number of hydrogen-bond donors (Lipinski definition) is 1. The van der Waals surface area contributed by atoms with Gasteiger partial charge in [0, 0.05) is 32.2 Å². The summed E-state index contributed by atoms with van der Waals surface area (Å²) in [6.45, 7) is 0.441. The third-order valence-corrected chi connectivity index (χ3v) is 7.51. The SMILES string of the molecule is O=C(COc1ccccc1N1CCN(S(=O)(=O)c2ccccc2C(F)(F)F)CC1)NC1CC1. The van der Waals surface area contributed by atoms with E-state index < -0.39 is 26.7 Å². The van der Waals surface area contributed by atoms with Crippen molar-refractivity contribution in [2.75, 3.05) is 37.7 Å². The second-order valence-electron chi connectivity index (χ2n) is 7.98. The maximum Gasteiger partial charge on any atom is 0.417 e. The number of piperazine rings is 1. The van der Waals surface area contributed by atoms with E-state index in [1.807, 2.05) is 4.90 Å². The fraction of sp³-hybridized carbons (Fsp3) is 0.409. The lowest BCUT2D eigenvalue weighted by atomic mass is 10.2. The molecule has 178 valence electrons. The lowest BCUT2D eigenvalue weighted by Gasteiger charge is -2.36. The number of para-hydroxylation sites is 2. The Kier molecular flexibility index (Phi) is 6.53. The van der Waals surface area contributed by atoms with Gasteiger partial charge in [-0.25, -0.2) is 8.42 Å². The van der Waals surface area contributed by atoms with E-state index in [0.717, 1.165) is 29.3 Å². The van der Waals surface area contributed by atoms with Gasteiger partial charge < -0.3 is 15.0 Å². The molecular weight excluding hydrogens is 459 g/mol. The lowest BCUT2D eigenvalue weighted by molar-refractivity contribution is -0.140. The van der Waals surface area contributed by atoms with Crippen LogP contribution in [0.2, 0.25) is 0 Å². The number of benzene rings is 2. The Balaban J connectivity index is 1.44. The molecule has 11 heteroatoms. The lowest BCUT2D eigenvalue weighted by Crippen LogP contribution is -2.49. The molecule has 1 saturated heterocycles. The summed E-state index contributed by atoms with van der Waals surface area (Å²) in [5.41, 5.74) is -0.472. The Morgan fingerprint density at radius 2 is 1.64 bits per heavy atom. The molecule has 1 N–H and O–H groups in total. The van der Waals surface area contributed by atoms with Crippen LogP contribution in [0.15, 0.2) is 53.4 Å². The third-order valence-electron chi connectivity index (χ3n) is 5.56. The molecule has 0 spiro atoms. The van der Waals surface area contributed by atoms with Crippen LogP contribution in [-0.2, 0) is 21.0 Å². The van der Waals surface area contributed by atoms with Crippen molar-refractivity contribution in [2.45, 2.75) is 30.0 Å². The predicted molar refractivity (Wildman–Crippen MR) is 116 cm³/mol. The van der Waals surface area contributed by atoms with Crippen LogP contribution in [0.25, 0.3) is 0 Å². The normalized spacial score (nSPS) is 17.6. The van der Waals surface area contributed by atoms with E-state index in [2.05, 4.69) is 5.32 Å². The van der Waals surface area contributed by atoms with Gasteiger partial charge in [0.15, 0.2) is 6.61 Å². The maximum atomic E-state index is 13.3. The average molecular weight is 484 g/mol. The molecule has 2 aromatic rings. The van der Waals surface area contributed by atoms with Crippen molar-refractivity contribution in [3.05, 3.63) is 54.1 Å². The van der Waals surface area contributed by atoms with Gasteiger partial charge in [0.2, 0.25) is 10.0 Å². The fourth-order valence-corrected chi connectivity index (χ4v) is 5.35. The van der Waals surface area contributed by atoms with Gasteiger partial charge in [0.05, 0.1) is 16.1 Å². The number of amides is 1. The zero-order chi connectivity index (χ0) is 23.6. The minimum absolute atomic E-state index is 0.0189. The molecular formula is C22H24F3N3O4S. The van der Waals surface area contributed by atoms with Gasteiger partial charge in [-0.2, -0.15) is 17.5 Å². The molecule has 1 saturated carbocycles. The second kappa shape index (κ2) is 9.22. The molecule has 1 amide bonds. The van der Waals surface area contributed by atoms with Crippen molar-refractivity contribution in [3.63, 3.8) is 0 Å². The highest BCUT2D eigenvalue weighted by atomic mass is 32.2. The highest BCUT2D eigenvalue weighted by Gasteiger charge is 2.39. The molecule has 1 aliphatic carbocycles. The number of nitrogens with zero attached hydrogens (tertiary/aromatic N) is 2. The minimum Gasteiger partial charge on any atom is -0.482 e. The van der Waals surface area contributed by atoms with E-state index in [1.165, 1.54) is 12.1 Å². The zero-order valence-electron chi connectivity index (χ0n) is 17.7. The summed E-state index contributed by atoms with van der Waals surface area (Å²) < 4.78 is 72.7. The Morgan fingerprint density at radius 1 is 1.00 bits per heavy atom. The van der Waals surface area contributed by atoms with Crippen molar-refractivity contribution in [3.8, 4) is 5.75 Å². The van der Waals surface area contributed by atoms with E-state index in [9.17, 15) is 26.4 Å². The first-order valence-corrected chi connectivity index (χ1v) is 12.0. The van der Waals surface area contributed by atoms with Crippen LogP contribution >= 0.6 is 0 Å². The van der Waals surface area contributed by atoms with Gasteiger partial charge >= 0.3 is 6.18 Å². The quantitative estimate of drug-likeness (QED) is 0.655. The standard InChI is InChI=1S/C22H24F3N3O4S/c23-22(24,25)17-5-1-4-8-20(17)33(30,31)28-13-11-27(12-14-28)18-6-2-3-7-19(18)32-15-21(29)26-16-9-10-16/h1-8,16H,9-15H2,(H,26,29). The van der Waals surface area contributed by atoms with E-state index >= 15 is 0 Å². The molecule has 0 aromatic heterocycles. The number of ether oxygens (including phenoxy) is 1. The van der Waals surface area contributed by atoms with Gasteiger partial charge in [0.25, 0.3) is 5.91 Å². The molecule has 33 heavy (non-hydrogen) atoms.